The average molecular weight is 542 g/mol. The summed E-state index contributed by atoms with van der Waals surface area (Å²) < 4.78 is 31.9. The summed E-state index contributed by atoms with van der Waals surface area (Å²) in [5.41, 5.74) is 0.452. The number of nitrogens with zero attached hydrogens (tertiary/aromatic N) is 4. The van der Waals surface area contributed by atoms with E-state index in [1.54, 1.807) is 30.3 Å². The second-order valence-corrected chi connectivity index (χ2v) is 11.9. The van der Waals surface area contributed by atoms with Crippen LogP contribution in [0.2, 0.25) is 5.02 Å². The molecule has 10 nitrogen and oxygen atoms in total. The van der Waals surface area contributed by atoms with Gasteiger partial charge in [-0.15, -0.1) is 5.10 Å². The molecule has 4 aromatic rings. The van der Waals surface area contributed by atoms with Crippen LogP contribution in [0.3, 0.4) is 0 Å². The van der Waals surface area contributed by atoms with Gasteiger partial charge in [0.15, 0.2) is 9.84 Å². The molecule has 12 heteroatoms. The number of carbonyl (C=O) groups excluding carboxylic acids is 1. The summed E-state index contributed by atoms with van der Waals surface area (Å²) in [6.45, 7) is 2.99. The molecule has 1 amide bonds. The first-order valence-electron chi connectivity index (χ1n) is 11.2. The fourth-order valence-corrected chi connectivity index (χ4v) is 5.04. The molecule has 3 heterocycles. The van der Waals surface area contributed by atoms with E-state index in [1.807, 2.05) is 0 Å². The van der Waals surface area contributed by atoms with E-state index < -0.39 is 26.1 Å². The lowest BCUT2D eigenvalue weighted by molar-refractivity contribution is 0.0949. The topological polar surface area (TPSA) is 133 Å². The van der Waals surface area contributed by atoms with Crippen molar-refractivity contribution < 1.29 is 17.9 Å². The van der Waals surface area contributed by atoms with Gasteiger partial charge in [-0.2, -0.15) is 5.10 Å². The van der Waals surface area contributed by atoms with E-state index in [0.717, 1.165) is 5.56 Å². The number of sulfone groups is 1. The van der Waals surface area contributed by atoms with Crippen LogP contribution in [0, 0.1) is 0 Å². The fraction of sp³-hybridized carbons (Fsp3) is 0.240. The minimum atomic E-state index is -3.79. The Balaban J connectivity index is 1.59. The molecule has 0 saturated carbocycles. The lowest BCUT2D eigenvalue weighted by Gasteiger charge is -2.24. The van der Waals surface area contributed by atoms with Gasteiger partial charge in [-0.1, -0.05) is 23.7 Å². The number of benzene rings is 1. The van der Waals surface area contributed by atoms with Crippen molar-refractivity contribution in [3.05, 3.63) is 87.6 Å². The van der Waals surface area contributed by atoms with Crippen molar-refractivity contribution in [2.75, 3.05) is 6.61 Å². The summed E-state index contributed by atoms with van der Waals surface area (Å²) in [6.07, 6.45) is 4.16. The molecule has 0 radical (unpaired) electrons. The molecule has 0 unspecified atom stereocenters. The summed E-state index contributed by atoms with van der Waals surface area (Å²) in [5.74, 6) is -0.583. The molecular weight excluding hydrogens is 518 g/mol. The number of nitrogens with one attached hydrogen (secondary N) is 1. The number of fused-ring (bicyclic) bond motifs is 1. The highest BCUT2D eigenvalue weighted by Gasteiger charge is 2.37. The quantitative estimate of drug-likeness (QED) is 0.360. The molecule has 1 aromatic carbocycles. The molecular formula is C25H24ClN5O5S. The van der Waals surface area contributed by atoms with E-state index in [9.17, 15) is 18.0 Å². The maximum atomic E-state index is 13.1. The van der Waals surface area contributed by atoms with Gasteiger partial charge >= 0.3 is 0 Å². The molecule has 0 saturated heterocycles. The van der Waals surface area contributed by atoms with E-state index in [1.165, 1.54) is 56.2 Å². The number of amides is 1. The smallest absolute Gasteiger partial charge is 0.263 e. The first-order chi connectivity index (χ1) is 17.5. The van der Waals surface area contributed by atoms with Gasteiger partial charge in [-0.25, -0.2) is 8.42 Å². The minimum absolute atomic E-state index is 0.0281. The Morgan fingerprint density at radius 1 is 1.16 bits per heavy atom. The van der Waals surface area contributed by atoms with Gasteiger partial charge in [0.2, 0.25) is 0 Å². The minimum Gasteiger partial charge on any atom is -0.473 e. The zero-order valence-corrected chi connectivity index (χ0v) is 21.9. The SMILES string of the molecule is Cn1c(=O)c(C(=O)NCc2ccc(Cl)cc2)cc2cnnc(OCC(C)(C)S(=O)(=O)c3cccnc3)c21. The van der Waals surface area contributed by atoms with E-state index in [0.29, 0.717) is 10.4 Å². The molecule has 37 heavy (non-hydrogen) atoms. The third-order valence-corrected chi connectivity index (χ3v) is 8.52. The summed E-state index contributed by atoms with van der Waals surface area (Å²) in [7, 11) is -2.32. The highest BCUT2D eigenvalue weighted by atomic mass is 35.5. The number of aryl methyl sites for hydroxylation is 1. The second kappa shape index (κ2) is 10.3. The van der Waals surface area contributed by atoms with Gasteiger partial charge in [-0.05, 0) is 49.7 Å². The maximum absolute atomic E-state index is 13.1. The van der Waals surface area contributed by atoms with Crippen LogP contribution < -0.4 is 15.6 Å². The van der Waals surface area contributed by atoms with Crippen molar-refractivity contribution in [2.24, 2.45) is 7.05 Å². The molecule has 0 aliphatic carbocycles. The van der Waals surface area contributed by atoms with Crippen LogP contribution in [0.1, 0.15) is 29.8 Å². The standard InChI is InChI=1S/C25H24ClN5O5S/c1-25(2,37(34,35)19-5-4-10-27-14-19)15-36-23-21-17(13-29-30-23)11-20(24(33)31(21)3)22(32)28-12-16-6-8-18(26)9-7-16/h4-11,13-14H,12,15H2,1-3H3,(H,28,32). The highest BCUT2D eigenvalue weighted by Crippen LogP contribution is 2.27. The number of hydrogen-bond acceptors (Lipinski definition) is 8. The lowest BCUT2D eigenvalue weighted by Crippen LogP contribution is -2.38. The van der Waals surface area contributed by atoms with E-state index in [-0.39, 0.29) is 35.0 Å². The molecule has 3 aromatic heterocycles. The largest absolute Gasteiger partial charge is 0.473 e. The third kappa shape index (κ3) is 5.32. The number of pyridine rings is 2. The van der Waals surface area contributed by atoms with Crippen LogP contribution in [0.5, 0.6) is 5.88 Å². The molecule has 0 aliphatic heterocycles. The van der Waals surface area contributed by atoms with Crippen molar-refractivity contribution >= 4 is 38.2 Å². The lowest BCUT2D eigenvalue weighted by atomic mass is 10.1. The van der Waals surface area contributed by atoms with Crippen LogP contribution in [0.25, 0.3) is 10.9 Å². The van der Waals surface area contributed by atoms with Gasteiger partial charge < -0.3 is 14.6 Å². The van der Waals surface area contributed by atoms with Gasteiger partial charge in [0.1, 0.15) is 22.4 Å². The van der Waals surface area contributed by atoms with Crippen molar-refractivity contribution in [3.8, 4) is 5.88 Å². The van der Waals surface area contributed by atoms with Crippen LogP contribution in [-0.4, -0.2) is 45.4 Å². The van der Waals surface area contributed by atoms with Crippen LogP contribution in [-0.2, 0) is 23.4 Å². The average Bonchev–Trinajstić information content (AvgIpc) is 2.89. The highest BCUT2D eigenvalue weighted by molar-refractivity contribution is 7.92. The Morgan fingerprint density at radius 2 is 1.89 bits per heavy atom. The molecule has 0 spiro atoms. The van der Waals surface area contributed by atoms with E-state index in [2.05, 4.69) is 20.5 Å². The summed E-state index contributed by atoms with van der Waals surface area (Å²) in [5, 5.41) is 11.6. The molecule has 4 rings (SSSR count). The van der Waals surface area contributed by atoms with Crippen LogP contribution in [0.15, 0.2) is 70.7 Å². The van der Waals surface area contributed by atoms with Gasteiger partial charge in [-0.3, -0.25) is 14.6 Å². The van der Waals surface area contributed by atoms with E-state index >= 15 is 0 Å². The normalized spacial score (nSPS) is 11.9. The van der Waals surface area contributed by atoms with Gasteiger partial charge in [0.05, 0.1) is 11.1 Å². The fourth-order valence-electron chi connectivity index (χ4n) is 3.60. The monoisotopic (exact) mass is 541 g/mol. The Labute approximate surface area is 218 Å². The predicted octanol–water partition coefficient (Wildman–Crippen LogP) is 2.94. The number of halogens is 1. The number of aromatic nitrogens is 4. The van der Waals surface area contributed by atoms with Gasteiger partial charge in [0, 0.05) is 36.4 Å². The van der Waals surface area contributed by atoms with Crippen LogP contribution in [0.4, 0.5) is 0 Å². The Kier molecular flexibility index (Phi) is 7.28. The zero-order chi connectivity index (χ0) is 26.8. The Bertz CT molecular complexity index is 1620. The first kappa shape index (κ1) is 26.2. The second-order valence-electron chi connectivity index (χ2n) is 8.93. The van der Waals surface area contributed by atoms with Crippen molar-refractivity contribution in [1.29, 1.82) is 0 Å². The van der Waals surface area contributed by atoms with Crippen molar-refractivity contribution in [3.63, 3.8) is 0 Å². The molecule has 0 bridgehead atoms. The number of carbonyl (C=O) groups is 1. The number of rotatable bonds is 8. The molecule has 0 fully saturated rings. The first-order valence-corrected chi connectivity index (χ1v) is 13.0. The summed E-state index contributed by atoms with van der Waals surface area (Å²) >= 11 is 5.89. The zero-order valence-electron chi connectivity index (χ0n) is 20.3. The predicted molar refractivity (Wildman–Crippen MR) is 138 cm³/mol. The number of ether oxygens (including phenoxy) is 1. The number of hydrogen-bond donors (Lipinski definition) is 1. The molecule has 0 aliphatic rings. The molecule has 1 N–H and O–H groups in total. The van der Waals surface area contributed by atoms with Crippen molar-refractivity contribution in [1.82, 2.24) is 25.1 Å². The van der Waals surface area contributed by atoms with Gasteiger partial charge in [0.25, 0.3) is 17.3 Å². The van der Waals surface area contributed by atoms with Crippen molar-refractivity contribution in [2.45, 2.75) is 30.0 Å². The Morgan fingerprint density at radius 3 is 2.57 bits per heavy atom. The van der Waals surface area contributed by atoms with E-state index in [4.69, 9.17) is 16.3 Å². The molecule has 192 valence electrons. The summed E-state index contributed by atoms with van der Waals surface area (Å²) in [4.78, 5) is 29.8. The third-order valence-electron chi connectivity index (χ3n) is 5.83. The summed E-state index contributed by atoms with van der Waals surface area (Å²) in [6, 6.07) is 11.4. The molecule has 0 atom stereocenters. The Hall–Kier alpha value is -3.83. The maximum Gasteiger partial charge on any atom is 0.263 e. The van der Waals surface area contributed by atoms with Crippen LogP contribution >= 0.6 is 11.6 Å².